The van der Waals surface area contributed by atoms with Gasteiger partial charge >= 0.3 is 0 Å². The summed E-state index contributed by atoms with van der Waals surface area (Å²) in [6, 6.07) is 25.8. The second kappa shape index (κ2) is 5.91. The Kier molecular flexibility index (Phi) is 3.63. The molecule has 2 aromatic heterocycles. The van der Waals surface area contributed by atoms with Crippen molar-refractivity contribution in [1.29, 1.82) is 0 Å². The highest BCUT2D eigenvalue weighted by Crippen LogP contribution is 2.42. The van der Waals surface area contributed by atoms with Crippen LogP contribution in [0.1, 0.15) is 0 Å². The van der Waals surface area contributed by atoms with E-state index < -0.39 is 0 Å². The Balaban J connectivity index is 1.91. The van der Waals surface area contributed by atoms with E-state index in [2.05, 4.69) is 83.6 Å². The Hall–Kier alpha value is -2.16. The van der Waals surface area contributed by atoms with Gasteiger partial charge in [0.2, 0.25) is 0 Å². The van der Waals surface area contributed by atoms with Crippen molar-refractivity contribution in [1.82, 2.24) is 0 Å². The van der Waals surface area contributed by atoms with Crippen molar-refractivity contribution < 1.29 is 0 Å². The summed E-state index contributed by atoms with van der Waals surface area (Å²) in [5.74, 6) is 0. The Morgan fingerprint density at radius 2 is 1.27 bits per heavy atom. The van der Waals surface area contributed by atoms with Crippen molar-refractivity contribution in [3.05, 3.63) is 83.6 Å². The molecule has 4 rings (SSSR count). The molecule has 0 radical (unpaired) electrons. The number of rotatable bonds is 3. The predicted octanol–water partition coefficient (Wildman–Crippen LogP) is 6.81. The molecule has 2 aromatic carbocycles. The maximum absolute atomic E-state index is 2.24. The molecule has 0 spiro atoms. The van der Waals surface area contributed by atoms with Gasteiger partial charge in [0.1, 0.15) is 0 Å². The molecule has 0 nitrogen and oxygen atoms in total. The van der Waals surface area contributed by atoms with Crippen LogP contribution in [0.2, 0.25) is 0 Å². The number of thiophene rings is 2. The van der Waals surface area contributed by atoms with Crippen LogP contribution in [0.5, 0.6) is 0 Å². The Morgan fingerprint density at radius 3 is 2.05 bits per heavy atom. The highest BCUT2D eigenvalue weighted by atomic mass is 32.1. The van der Waals surface area contributed by atoms with Crippen LogP contribution in [0, 0.1) is 0 Å². The molecular weight excluding hydrogens is 304 g/mol. The van der Waals surface area contributed by atoms with E-state index in [0.717, 1.165) is 0 Å². The molecule has 22 heavy (non-hydrogen) atoms. The zero-order valence-corrected chi connectivity index (χ0v) is 13.5. The van der Waals surface area contributed by atoms with E-state index in [4.69, 9.17) is 0 Å². The Morgan fingerprint density at radius 1 is 0.500 bits per heavy atom. The Bertz CT molecular complexity index is 871. The van der Waals surface area contributed by atoms with Gasteiger partial charge in [-0.15, -0.1) is 22.7 Å². The summed E-state index contributed by atoms with van der Waals surface area (Å²) in [6.07, 6.45) is 0. The lowest BCUT2D eigenvalue weighted by Gasteiger charge is -2.10. The van der Waals surface area contributed by atoms with E-state index >= 15 is 0 Å². The van der Waals surface area contributed by atoms with Gasteiger partial charge in [0.25, 0.3) is 0 Å². The first-order valence-electron chi connectivity index (χ1n) is 7.20. The summed E-state index contributed by atoms with van der Waals surface area (Å²) in [5.41, 5.74) is 5.19. The van der Waals surface area contributed by atoms with Crippen molar-refractivity contribution >= 4 is 22.7 Å². The van der Waals surface area contributed by atoms with Crippen LogP contribution in [0.25, 0.3) is 32.0 Å². The molecule has 2 heteroatoms. The first-order chi connectivity index (χ1) is 10.9. The van der Waals surface area contributed by atoms with Crippen LogP contribution >= 0.6 is 22.7 Å². The molecular formula is C20H14S2. The molecule has 0 bridgehead atoms. The minimum absolute atomic E-state index is 1.27. The van der Waals surface area contributed by atoms with E-state index in [0.29, 0.717) is 0 Å². The molecule has 2 heterocycles. The SMILES string of the molecule is c1ccc(-c2ccccc2-c2ccsc2-c2cccs2)cc1. The summed E-state index contributed by atoms with van der Waals surface area (Å²) in [6.45, 7) is 0. The van der Waals surface area contributed by atoms with E-state index in [1.54, 1.807) is 11.3 Å². The third-order valence-corrected chi connectivity index (χ3v) is 5.68. The van der Waals surface area contributed by atoms with Crippen LogP contribution in [0.15, 0.2) is 83.6 Å². The molecule has 0 N–H and O–H groups in total. The van der Waals surface area contributed by atoms with E-state index in [1.807, 2.05) is 11.3 Å². The highest BCUT2D eigenvalue weighted by molar-refractivity contribution is 7.20. The largest absolute Gasteiger partial charge is 0.143 e. The number of hydrogen-bond donors (Lipinski definition) is 0. The van der Waals surface area contributed by atoms with Gasteiger partial charge in [0.05, 0.1) is 4.88 Å². The molecule has 0 fully saturated rings. The van der Waals surface area contributed by atoms with Gasteiger partial charge in [-0.3, -0.25) is 0 Å². The molecule has 0 atom stereocenters. The first-order valence-corrected chi connectivity index (χ1v) is 8.95. The van der Waals surface area contributed by atoms with Crippen molar-refractivity contribution in [3.8, 4) is 32.0 Å². The number of benzene rings is 2. The monoisotopic (exact) mass is 318 g/mol. The molecule has 0 aliphatic carbocycles. The van der Waals surface area contributed by atoms with Gasteiger partial charge in [-0.1, -0.05) is 60.7 Å². The van der Waals surface area contributed by atoms with Gasteiger partial charge < -0.3 is 0 Å². The summed E-state index contributed by atoms with van der Waals surface area (Å²) in [7, 11) is 0. The maximum atomic E-state index is 2.24. The topological polar surface area (TPSA) is 0 Å². The van der Waals surface area contributed by atoms with E-state index in [1.165, 1.54) is 32.0 Å². The first kappa shape index (κ1) is 13.5. The van der Waals surface area contributed by atoms with Crippen LogP contribution in [-0.4, -0.2) is 0 Å². The van der Waals surface area contributed by atoms with Crippen LogP contribution < -0.4 is 0 Å². The lowest BCUT2D eigenvalue weighted by Crippen LogP contribution is -1.84. The smallest absolute Gasteiger partial charge is 0.0521 e. The Labute approximate surface area is 138 Å². The maximum Gasteiger partial charge on any atom is 0.0521 e. The minimum atomic E-state index is 1.27. The molecule has 106 valence electrons. The third kappa shape index (κ3) is 2.41. The van der Waals surface area contributed by atoms with Gasteiger partial charge in [0.15, 0.2) is 0 Å². The van der Waals surface area contributed by atoms with Gasteiger partial charge in [-0.25, -0.2) is 0 Å². The average molecular weight is 318 g/mol. The molecule has 0 amide bonds. The standard InChI is InChI=1S/C20H14S2/c1-2-7-15(8-3-1)16-9-4-5-10-17(16)18-12-14-22-20(18)19-11-6-13-21-19/h1-14H. The van der Waals surface area contributed by atoms with E-state index in [9.17, 15) is 0 Å². The highest BCUT2D eigenvalue weighted by Gasteiger charge is 2.13. The summed E-state index contributed by atoms with van der Waals surface area (Å²) in [4.78, 5) is 2.70. The molecule has 0 aliphatic heterocycles. The van der Waals surface area contributed by atoms with E-state index in [-0.39, 0.29) is 0 Å². The second-order valence-corrected chi connectivity index (χ2v) is 6.92. The molecule has 0 unspecified atom stereocenters. The fraction of sp³-hybridized carbons (Fsp3) is 0. The summed E-state index contributed by atoms with van der Waals surface area (Å²) < 4.78 is 0. The van der Waals surface area contributed by atoms with Crippen molar-refractivity contribution in [3.63, 3.8) is 0 Å². The fourth-order valence-corrected chi connectivity index (χ4v) is 4.50. The average Bonchev–Trinajstić information content (AvgIpc) is 3.26. The third-order valence-electron chi connectivity index (χ3n) is 3.71. The fourth-order valence-electron chi connectivity index (χ4n) is 2.71. The van der Waals surface area contributed by atoms with Crippen molar-refractivity contribution in [2.45, 2.75) is 0 Å². The molecule has 4 aromatic rings. The molecule has 0 saturated carbocycles. The lowest BCUT2D eigenvalue weighted by molar-refractivity contribution is 1.60. The van der Waals surface area contributed by atoms with Gasteiger partial charge in [0, 0.05) is 10.4 Å². The normalized spacial score (nSPS) is 10.7. The van der Waals surface area contributed by atoms with Crippen LogP contribution in [0.3, 0.4) is 0 Å². The second-order valence-electron chi connectivity index (χ2n) is 5.05. The number of hydrogen-bond acceptors (Lipinski definition) is 2. The zero-order chi connectivity index (χ0) is 14.8. The predicted molar refractivity (Wildman–Crippen MR) is 98.5 cm³/mol. The lowest BCUT2D eigenvalue weighted by atomic mass is 9.95. The van der Waals surface area contributed by atoms with Crippen molar-refractivity contribution in [2.75, 3.05) is 0 Å². The van der Waals surface area contributed by atoms with Crippen LogP contribution in [0.4, 0.5) is 0 Å². The quantitative estimate of drug-likeness (QED) is 0.389. The summed E-state index contributed by atoms with van der Waals surface area (Å²) >= 11 is 3.62. The molecule has 0 saturated heterocycles. The van der Waals surface area contributed by atoms with Gasteiger partial charge in [-0.05, 0) is 39.6 Å². The zero-order valence-electron chi connectivity index (χ0n) is 11.9. The summed E-state index contributed by atoms with van der Waals surface area (Å²) in [5, 5.41) is 4.33. The molecule has 0 aliphatic rings. The van der Waals surface area contributed by atoms with Gasteiger partial charge in [-0.2, -0.15) is 0 Å². The minimum Gasteiger partial charge on any atom is -0.143 e. The van der Waals surface area contributed by atoms with Crippen molar-refractivity contribution in [2.24, 2.45) is 0 Å². The van der Waals surface area contributed by atoms with Crippen LogP contribution in [-0.2, 0) is 0 Å².